The highest BCUT2D eigenvalue weighted by atomic mass is 16.3. The minimum absolute atomic E-state index is 0.0559. The predicted molar refractivity (Wildman–Crippen MR) is 97.8 cm³/mol. The number of aliphatic hydroxyl groups is 1. The van der Waals surface area contributed by atoms with Crippen LogP contribution >= 0.6 is 0 Å². The van der Waals surface area contributed by atoms with Crippen LogP contribution in [0.15, 0.2) is 53.5 Å². The van der Waals surface area contributed by atoms with Gasteiger partial charge >= 0.3 is 0 Å². The second-order valence-electron chi connectivity index (χ2n) is 7.15. The van der Waals surface area contributed by atoms with Crippen LogP contribution in [0.3, 0.4) is 0 Å². The van der Waals surface area contributed by atoms with Crippen molar-refractivity contribution < 1.29 is 9.90 Å². The number of hydrogen-bond donors (Lipinski definition) is 3. The van der Waals surface area contributed by atoms with Gasteiger partial charge in [-0.2, -0.15) is 0 Å². The van der Waals surface area contributed by atoms with Crippen LogP contribution in [0.5, 0.6) is 0 Å². The molecule has 1 aromatic heterocycles. The van der Waals surface area contributed by atoms with Gasteiger partial charge in [-0.15, -0.1) is 0 Å². The monoisotopic (exact) mass is 353 g/mol. The summed E-state index contributed by atoms with van der Waals surface area (Å²) >= 11 is 0. The van der Waals surface area contributed by atoms with Crippen LogP contribution in [0.1, 0.15) is 30.0 Å². The number of aliphatic hydroxyl groups excluding tert-OH is 1. The van der Waals surface area contributed by atoms with E-state index in [1.165, 1.54) is 10.6 Å². The zero-order chi connectivity index (χ0) is 18.1. The molecule has 1 saturated heterocycles. The van der Waals surface area contributed by atoms with Gasteiger partial charge in [0.25, 0.3) is 5.56 Å². The molecule has 1 fully saturated rings. The highest BCUT2D eigenvalue weighted by Gasteiger charge is 2.52. The summed E-state index contributed by atoms with van der Waals surface area (Å²) in [6, 6.07) is 12.3. The SMILES string of the molecule is O=C(Cn1ccccc1=O)N[C@H]1c2ccccc2C2(CCNCC2)[C@@H]1O. The van der Waals surface area contributed by atoms with E-state index < -0.39 is 12.1 Å². The minimum Gasteiger partial charge on any atom is -0.390 e. The number of amides is 1. The fourth-order valence-corrected chi connectivity index (χ4v) is 4.43. The van der Waals surface area contributed by atoms with Gasteiger partial charge < -0.3 is 20.3 Å². The van der Waals surface area contributed by atoms with Crippen molar-refractivity contribution in [3.63, 3.8) is 0 Å². The second-order valence-corrected chi connectivity index (χ2v) is 7.15. The van der Waals surface area contributed by atoms with Crippen molar-refractivity contribution in [3.05, 3.63) is 70.1 Å². The van der Waals surface area contributed by atoms with E-state index in [2.05, 4.69) is 16.7 Å². The Balaban J connectivity index is 1.60. The molecule has 6 nitrogen and oxygen atoms in total. The van der Waals surface area contributed by atoms with Crippen LogP contribution in [-0.4, -0.2) is 34.8 Å². The topological polar surface area (TPSA) is 83.4 Å². The van der Waals surface area contributed by atoms with Gasteiger partial charge in [-0.25, -0.2) is 0 Å². The smallest absolute Gasteiger partial charge is 0.250 e. The quantitative estimate of drug-likeness (QED) is 0.759. The number of carbonyl (C=O) groups excluding carboxylic acids is 1. The Kier molecular flexibility index (Phi) is 4.38. The number of fused-ring (bicyclic) bond motifs is 2. The first-order valence-corrected chi connectivity index (χ1v) is 9.05. The third-order valence-electron chi connectivity index (χ3n) is 5.74. The summed E-state index contributed by atoms with van der Waals surface area (Å²) in [4.78, 5) is 24.4. The Morgan fingerprint density at radius 2 is 1.92 bits per heavy atom. The number of carbonyl (C=O) groups is 1. The molecule has 3 N–H and O–H groups in total. The van der Waals surface area contributed by atoms with Gasteiger partial charge in [0.1, 0.15) is 6.54 Å². The zero-order valence-corrected chi connectivity index (χ0v) is 14.5. The van der Waals surface area contributed by atoms with Crippen LogP contribution < -0.4 is 16.2 Å². The Morgan fingerprint density at radius 3 is 2.69 bits per heavy atom. The van der Waals surface area contributed by atoms with Crippen molar-refractivity contribution in [2.75, 3.05) is 13.1 Å². The fourth-order valence-electron chi connectivity index (χ4n) is 4.43. The molecule has 2 heterocycles. The average Bonchev–Trinajstić information content (AvgIpc) is 2.88. The van der Waals surface area contributed by atoms with Crippen molar-refractivity contribution >= 4 is 5.91 Å². The lowest BCUT2D eigenvalue weighted by Gasteiger charge is -2.38. The van der Waals surface area contributed by atoms with E-state index in [4.69, 9.17) is 0 Å². The molecule has 1 aromatic carbocycles. The largest absolute Gasteiger partial charge is 0.390 e. The van der Waals surface area contributed by atoms with Crippen LogP contribution in [0.25, 0.3) is 0 Å². The molecular weight excluding hydrogens is 330 g/mol. The number of hydrogen-bond acceptors (Lipinski definition) is 4. The van der Waals surface area contributed by atoms with Gasteiger partial charge in [0, 0.05) is 17.7 Å². The summed E-state index contributed by atoms with van der Waals surface area (Å²) in [5.41, 5.74) is 1.58. The molecule has 1 aliphatic heterocycles. The number of pyridine rings is 1. The molecular formula is C20H23N3O3. The first kappa shape index (κ1) is 17.0. The average molecular weight is 353 g/mol. The maximum atomic E-state index is 12.6. The molecule has 1 aliphatic carbocycles. The van der Waals surface area contributed by atoms with Gasteiger partial charge in [0.05, 0.1) is 12.1 Å². The number of piperidine rings is 1. The predicted octanol–water partition coefficient (Wildman–Crippen LogP) is 0.701. The summed E-state index contributed by atoms with van der Waals surface area (Å²) in [7, 11) is 0. The molecule has 26 heavy (non-hydrogen) atoms. The van der Waals surface area contributed by atoms with Crippen molar-refractivity contribution in [1.82, 2.24) is 15.2 Å². The summed E-state index contributed by atoms with van der Waals surface area (Å²) in [6.07, 6.45) is 2.61. The zero-order valence-electron chi connectivity index (χ0n) is 14.5. The number of nitrogens with one attached hydrogen (secondary N) is 2. The Morgan fingerprint density at radius 1 is 1.19 bits per heavy atom. The standard InChI is InChI=1S/C20H23N3O3/c24-16(13-23-12-4-3-7-17(23)25)22-18-14-5-1-2-6-15(14)20(19(18)26)8-10-21-11-9-20/h1-7,12,18-19,21,26H,8-11,13H2,(H,22,24)/t18-,19+/m0/s1. The molecule has 0 radical (unpaired) electrons. The van der Waals surface area contributed by atoms with Crippen molar-refractivity contribution in [3.8, 4) is 0 Å². The van der Waals surface area contributed by atoms with Crippen molar-refractivity contribution in [2.24, 2.45) is 0 Å². The lowest BCUT2D eigenvalue weighted by molar-refractivity contribution is -0.123. The van der Waals surface area contributed by atoms with Gasteiger partial charge in [-0.1, -0.05) is 30.3 Å². The third kappa shape index (κ3) is 2.75. The van der Waals surface area contributed by atoms with E-state index >= 15 is 0 Å². The first-order valence-electron chi connectivity index (χ1n) is 9.05. The summed E-state index contributed by atoms with van der Waals surface area (Å²) in [5.74, 6) is -0.275. The summed E-state index contributed by atoms with van der Waals surface area (Å²) < 4.78 is 1.36. The third-order valence-corrected chi connectivity index (χ3v) is 5.74. The van der Waals surface area contributed by atoms with Crippen LogP contribution in [0, 0.1) is 0 Å². The molecule has 2 aliphatic rings. The maximum Gasteiger partial charge on any atom is 0.250 e. The summed E-state index contributed by atoms with van der Waals surface area (Å²) in [5, 5.41) is 17.5. The minimum atomic E-state index is -0.668. The fraction of sp³-hybridized carbons (Fsp3) is 0.400. The molecule has 0 bridgehead atoms. The molecule has 4 rings (SSSR count). The van der Waals surface area contributed by atoms with E-state index in [9.17, 15) is 14.7 Å². The van der Waals surface area contributed by atoms with Gasteiger partial charge in [0.15, 0.2) is 0 Å². The van der Waals surface area contributed by atoms with Crippen LogP contribution in [-0.2, 0) is 16.8 Å². The molecule has 2 aromatic rings. The van der Waals surface area contributed by atoms with E-state index in [0.717, 1.165) is 37.1 Å². The maximum absolute atomic E-state index is 12.6. The number of rotatable bonds is 3. The Hall–Kier alpha value is -2.44. The van der Waals surface area contributed by atoms with E-state index in [0.29, 0.717) is 0 Å². The molecule has 6 heteroatoms. The van der Waals surface area contributed by atoms with E-state index in [1.807, 2.05) is 18.2 Å². The van der Waals surface area contributed by atoms with E-state index in [1.54, 1.807) is 18.3 Å². The van der Waals surface area contributed by atoms with Crippen molar-refractivity contribution in [2.45, 2.75) is 36.9 Å². The highest BCUT2D eigenvalue weighted by Crippen LogP contribution is 2.49. The van der Waals surface area contributed by atoms with Crippen LogP contribution in [0.2, 0.25) is 0 Å². The molecule has 1 spiro atoms. The number of nitrogens with zero attached hydrogens (tertiary/aromatic N) is 1. The second kappa shape index (κ2) is 6.70. The molecule has 136 valence electrons. The van der Waals surface area contributed by atoms with Crippen molar-refractivity contribution in [1.29, 1.82) is 0 Å². The first-order chi connectivity index (χ1) is 12.6. The van der Waals surface area contributed by atoms with Gasteiger partial charge in [-0.3, -0.25) is 9.59 Å². The summed E-state index contributed by atoms with van der Waals surface area (Å²) in [6.45, 7) is 1.65. The van der Waals surface area contributed by atoms with Crippen LogP contribution in [0.4, 0.5) is 0 Å². The molecule has 2 atom stereocenters. The Bertz CT molecular complexity index is 870. The van der Waals surface area contributed by atoms with Gasteiger partial charge in [-0.05, 0) is 43.1 Å². The molecule has 0 saturated carbocycles. The number of aromatic nitrogens is 1. The lowest BCUT2D eigenvalue weighted by Crippen LogP contribution is -2.49. The lowest BCUT2D eigenvalue weighted by atomic mass is 9.72. The molecule has 0 unspecified atom stereocenters. The normalized spacial score (nSPS) is 23.6. The van der Waals surface area contributed by atoms with E-state index in [-0.39, 0.29) is 23.4 Å². The highest BCUT2D eigenvalue weighted by molar-refractivity contribution is 5.76. The van der Waals surface area contributed by atoms with Gasteiger partial charge in [0.2, 0.25) is 5.91 Å². The number of benzene rings is 1. The molecule has 1 amide bonds. The Labute approximate surface area is 151 Å².